The van der Waals surface area contributed by atoms with Crippen LogP contribution in [0.25, 0.3) is 5.65 Å². The lowest BCUT2D eigenvalue weighted by Gasteiger charge is -2.04. The quantitative estimate of drug-likeness (QED) is 0.874. The predicted molar refractivity (Wildman–Crippen MR) is 63.0 cm³/mol. The van der Waals surface area contributed by atoms with Gasteiger partial charge in [0, 0.05) is 18.3 Å². The smallest absolute Gasteiger partial charge is 0.306 e. The molecular weight excluding hydrogens is 218 g/mol. The van der Waals surface area contributed by atoms with Crippen LogP contribution in [-0.2, 0) is 11.2 Å². The van der Waals surface area contributed by atoms with Gasteiger partial charge in [-0.15, -0.1) is 0 Å². The first-order valence-corrected chi connectivity index (χ1v) is 5.53. The number of carbonyl (C=O) groups is 1. The van der Waals surface area contributed by atoms with Crippen LogP contribution in [0.2, 0.25) is 0 Å². The summed E-state index contributed by atoms with van der Waals surface area (Å²) < 4.78 is 1.95. The molecule has 0 fully saturated rings. The molecule has 0 aliphatic carbocycles. The van der Waals surface area contributed by atoms with Crippen LogP contribution in [0, 0.1) is 19.8 Å². The zero-order valence-corrected chi connectivity index (χ0v) is 10.1. The topological polar surface area (TPSA) is 67.5 Å². The first-order valence-electron chi connectivity index (χ1n) is 5.53. The Morgan fingerprint density at radius 3 is 2.82 bits per heavy atom. The zero-order valence-electron chi connectivity index (χ0n) is 10.1. The molecule has 0 radical (unpaired) electrons. The second-order valence-corrected chi connectivity index (χ2v) is 4.27. The van der Waals surface area contributed by atoms with Gasteiger partial charge in [0.25, 0.3) is 0 Å². The maximum atomic E-state index is 10.9. The van der Waals surface area contributed by atoms with Gasteiger partial charge in [0.1, 0.15) is 11.5 Å². The van der Waals surface area contributed by atoms with Crippen molar-refractivity contribution in [1.82, 2.24) is 14.4 Å². The van der Waals surface area contributed by atoms with Gasteiger partial charge in [-0.2, -0.15) is 0 Å². The fourth-order valence-corrected chi connectivity index (χ4v) is 1.93. The fourth-order valence-electron chi connectivity index (χ4n) is 1.93. The summed E-state index contributed by atoms with van der Waals surface area (Å²) in [4.78, 5) is 19.5. The molecule has 0 aromatic carbocycles. The fraction of sp³-hybridized carbons (Fsp3) is 0.417. The highest BCUT2D eigenvalue weighted by Crippen LogP contribution is 2.16. The predicted octanol–water partition coefficient (Wildman–Crippen LogP) is 1.61. The van der Waals surface area contributed by atoms with Gasteiger partial charge in [0.2, 0.25) is 0 Å². The number of aliphatic carboxylic acids is 1. The van der Waals surface area contributed by atoms with Crippen molar-refractivity contribution < 1.29 is 9.90 Å². The van der Waals surface area contributed by atoms with Gasteiger partial charge in [0.15, 0.2) is 0 Å². The van der Waals surface area contributed by atoms with E-state index in [-0.39, 0.29) is 0 Å². The van der Waals surface area contributed by atoms with Crippen LogP contribution in [-0.4, -0.2) is 25.4 Å². The lowest BCUT2D eigenvalue weighted by Crippen LogP contribution is -2.13. The number of carboxylic acids is 1. The van der Waals surface area contributed by atoms with Crippen LogP contribution in [0.3, 0.4) is 0 Å². The van der Waals surface area contributed by atoms with E-state index in [1.54, 1.807) is 13.1 Å². The Labute approximate surface area is 99.1 Å². The van der Waals surface area contributed by atoms with Crippen molar-refractivity contribution in [2.45, 2.75) is 27.2 Å². The number of fused-ring (bicyclic) bond motifs is 1. The summed E-state index contributed by atoms with van der Waals surface area (Å²) in [6, 6.07) is 1.83. The molecule has 2 aromatic rings. The van der Waals surface area contributed by atoms with Crippen molar-refractivity contribution in [2.24, 2.45) is 5.92 Å². The Kier molecular flexibility index (Phi) is 2.83. The molecule has 17 heavy (non-hydrogen) atoms. The number of nitrogens with zero attached hydrogens (tertiary/aromatic N) is 3. The summed E-state index contributed by atoms with van der Waals surface area (Å²) in [5.74, 6) is -0.357. The number of rotatable bonds is 3. The first kappa shape index (κ1) is 11.6. The van der Waals surface area contributed by atoms with E-state index in [1.807, 2.05) is 24.3 Å². The van der Waals surface area contributed by atoms with Crippen molar-refractivity contribution in [3.63, 3.8) is 0 Å². The highest BCUT2D eigenvalue weighted by atomic mass is 16.4. The van der Waals surface area contributed by atoms with Crippen molar-refractivity contribution >= 4 is 11.6 Å². The van der Waals surface area contributed by atoms with Crippen LogP contribution in [0.15, 0.2) is 12.3 Å². The van der Waals surface area contributed by atoms with Gasteiger partial charge in [0.05, 0.1) is 11.6 Å². The molecule has 2 rings (SSSR count). The summed E-state index contributed by atoms with van der Waals surface area (Å²) in [6.07, 6.45) is 2.16. The lowest BCUT2D eigenvalue weighted by molar-refractivity contribution is -0.141. The summed E-state index contributed by atoms with van der Waals surface area (Å²) in [5, 5.41) is 8.92. The molecule has 0 aliphatic heterocycles. The van der Waals surface area contributed by atoms with Gasteiger partial charge in [-0.05, 0) is 19.9 Å². The summed E-state index contributed by atoms with van der Waals surface area (Å²) in [6.45, 7) is 5.54. The van der Waals surface area contributed by atoms with E-state index in [0.717, 1.165) is 22.9 Å². The van der Waals surface area contributed by atoms with Crippen molar-refractivity contribution in [2.75, 3.05) is 0 Å². The standard InChI is InChI=1S/C12H15N3O2/c1-7(12(16)17)6-10-8(2)15-9(3)13-5-4-11(15)14-10/h4-5,7H,6H2,1-3H3,(H,16,17). The number of carboxylic acid groups (broad SMARTS) is 1. The minimum absolute atomic E-state index is 0.424. The van der Waals surface area contributed by atoms with Crippen LogP contribution in [0.5, 0.6) is 0 Å². The molecule has 0 saturated heterocycles. The Morgan fingerprint density at radius 2 is 2.24 bits per heavy atom. The van der Waals surface area contributed by atoms with Crippen LogP contribution in [0.1, 0.15) is 24.1 Å². The molecule has 90 valence electrons. The van der Waals surface area contributed by atoms with Gasteiger partial charge in [-0.1, -0.05) is 6.92 Å². The number of imidazole rings is 1. The second-order valence-electron chi connectivity index (χ2n) is 4.27. The molecular formula is C12H15N3O2. The minimum Gasteiger partial charge on any atom is -0.481 e. The van der Waals surface area contributed by atoms with Gasteiger partial charge < -0.3 is 5.11 Å². The van der Waals surface area contributed by atoms with E-state index in [9.17, 15) is 4.79 Å². The number of hydrogen-bond acceptors (Lipinski definition) is 3. The molecule has 2 heterocycles. The summed E-state index contributed by atoms with van der Waals surface area (Å²) in [7, 11) is 0. The van der Waals surface area contributed by atoms with E-state index in [2.05, 4.69) is 9.97 Å². The van der Waals surface area contributed by atoms with E-state index >= 15 is 0 Å². The SMILES string of the molecule is Cc1nccc2nc(CC(C)C(=O)O)c(C)n12. The maximum Gasteiger partial charge on any atom is 0.306 e. The van der Waals surface area contributed by atoms with E-state index in [4.69, 9.17) is 5.11 Å². The molecule has 2 aromatic heterocycles. The average Bonchev–Trinajstić information content (AvgIpc) is 2.57. The minimum atomic E-state index is -0.795. The van der Waals surface area contributed by atoms with Crippen LogP contribution >= 0.6 is 0 Å². The molecule has 1 atom stereocenters. The Bertz CT molecular complexity index is 574. The van der Waals surface area contributed by atoms with Crippen molar-refractivity contribution in [1.29, 1.82) is 0 Å². The van der Waals surface area contributed by atoms with Gasteiger partial charge in [-0.3, -0.25) is 9.20 Å². The molecule has 0 spiro atoms. The molecule has 0 bridgehead atoms. The summed E-state index contributed by atoms with van der Waals surface area (Å²) in [5.41, 5.74) is 2.62. The summed E-state index contributed by atoms with van der Waals surface area (Å²) >= 11 is 0. The number of hydrogen-bond donors (Lipinski definition) is 1. The highest BCUT2D eigenvalue weighted by molar-refractivity contribution is 5.69. The van der Waals surface area contributed by atoms with Gasteiger partial charge in [-0.25, -0.2) is 9.97 Å². The van der Waals surface area contributed by atoms with Crippen molar-refractivity contribution in [3.05, 3.63) is 29.5 Å². The van der Waals surface area contributed by atoms with E-state index in [0.29, 0.717) is 6.42 Å². The molecule has 5 heteroatoms. The normalized spacial score (nSPS) is 12.9. The molecule has 5 nitrogen and oxygen atoms in total. The molecule has 0 saturated carbocycles. The van der Waals surface area contributed by atoms with Gasteiger partial charge >= 0.3 is 5.97 Å². The molecule has 1 unspecified atom stereocenters. The maximum absolute atomic E-state index is 10.9. The molecule has 0 amide bonds. The largest absolute Gasteiger partial charge is 0.481 e. The third kappa shape index (κ3) is 2.00. The average molecular weight is 233 g/mol. The third-order valence-electron chi connectivity index (χ3n) is 2.96. The van der Waals surface area contributed by atoms with Crippen LogP contribution < -0.4 is 0 Å². The first-order chi connectivity index (χ1) is 8.00. The Hall–Kier alpha value is -1.91. The monoisotopic (exact) mass is 233 g/mol. The Morgan fingerprint density at radius 1 is 1.53 bits per heavy atom. The van der Waals surface area contributed by atoms with E-state index in [1.165, 1.54) is 0 Å². The number of aromatic nitrogens is 3. The van der Waals surface area contributed by atoms with E-state index < -0.39 is 11.9 Å². The zero-order chi connectivity index (χ0) is 12.6. The Balaban J connectivity index is 2.46. The van der Waals surface area contributed by atoms with Crippen LogP contribution in [0.4, 0.5) is 0 Å². The highest BCUT2D eigenvalue weighted by Gasteiger charge is 2.17. The second kappa shape index (κ2) is 4.16. The van der Waals surface area contributed by atoms with Crippen molar-refractivity contribution in [3.8, 4) is 0 Å². The molecule has 0 aliphatic rings. The number of aryl methyl sites for hydroxylation is 2. The molecule has 1 N–H and O–H groups in total. The lowest BCUT2D eigenvalue weighted by atomic mass is 10.1. The third-order valence-corrected chi connectivity index (χ3v) is 2.96.